The molecule has 0 saturated heterocycles. The third-order valence-corrected chi connectivity index (χ3v) is 2.67. The average Bonchev–Trinajstić information content (AvgIpc) is 2.39. The molecule has 0 saturated carbocycles. The Morgan fingerprint density at radius 2 is 1.84 bits per heavy atom. The summed E-state index contributed by atoms with van der Waals surface area (Å²) in [7, 11) is 1.64. The summed E-state index contributed by atoms with van der Waals surface area (Å²) in [5.41, 5.74) is 1.07. The zero-order valence-corrected chi connectivity index (χ0v) is 12.1. The van der Waals surface area contributed by atoms with Crippen LogP contribution in [0.3, 0.4) is 0 Å². The second kappa shape index (κ2) is 8.91. The molecule has 1 aromatic rings. The second-order valence-electron chi connectivity index (χ2n) is 5.07. The molecule has 0 amide bonds. The van der Waals surface area contributed by atoms with E-state index in [1.54, 1.807) is 7.11 Å². The van der Waals surface area contributed by atoms with Crippen molar-refractivity contribution in [3.8, 4) is 5.75 Å². The summed E-state index contributed by atoms with van der Waals surface area (Å²) in [5, 5.41) is 12.9. The number of rotatable bonds is 9. The van der Waals surface area contributed by atoms with Crippen LogP contribution in [-0.4, -0.2) is 38.0 Å². The Labute approximate surface area is 115 Å². The van der Waals surface area contributed by atoms with Gasteiger partial charge in [0.1, 0.15) is 5.75 Å². The number of benzene rings is 1. The molecular weight excluding hydrogens is 242 g/mol. The van der Waals surface area contributed by atoms with E-state index in [4.69, 9.17) is 9.47 Å². The lowest BCUT2D eigenvalue weighted by Gasteiger charge is -2.13. The maximum Gasteiger partial charge on any atom is 0.118 e. The van der Waals surface area contributed by atoms with Gasteiger partial charge in [0.2, 0.25) is 0 Å². The third kappa shape index (κ3) is 7.15. The summed E-state index contributed by atoms with van der Waals surface area (Å²) in [4.78, 5) is 0. The lowest BCUT2D eigenvalue weighted by Crippen LogP contribution is -2.32. The van der Waals surface area contributed by atoms with E-state index in [1.165, 1.54) is 0 Å². The monoisotopic (exact) mass is 267 g/mol. The van der Waals surface area contributed by atoms with Crippen LogP contribution in [-0.2, 0) is 11.3 Å². The molecule has 1 rings (SSSR count). The molecule has 0 fully saturated rings. The van der Waals surface area contributed by atoms with Crippen molar-refractivity contribution in [1.82, 2.24) is 5.32 Å². The van der Waals surface area contributed by atoms with Crippen LogP contribution in [0.1, 0.15) is 19.4 Å². The van der Waals surface area contributed by atoms with Gasteiger partial charge in [-0.3, -0.25) is 0 Å². The summed E-state index contributed by atoms with van der Waals surface area (Å²) < 4.78 is 10.6. The van der Waals surface area contributed by atoms with E-state index in [0.29, 0.717) is 25.7 Å². The van der Waals surface area contributed by atoms with Gasteiger partial charge in [-0.25, -0.2) is 0 Å². The lowest BCUT2D eigenvalue weighted by atomic mass is 10.2. The number of methoxy groups -OCH3 is 1. The first-order valence-corrected chi connectivity index (χ1v) is 6.71. The minimum atomic E-state index is -0.461. The molecule has 4 heteroatoms. The number of nitrogens with one attached hydrogen (secondary N) is 1. The Morgan fingerprint density at radius 3 is 2.42 bits per heavy atom. The van der Waals surface area contributed by atoms with Crippen LogP contribution in [0.15, 0.2) is 24.3 Å². The molecule has 108 valence electrons. The standard InChI is InChI=1S/C15H25NO3/c1-12(2)8-16-9-14(17)11-19-10-13-4-6-15(18-3)7-5-13/h4-7,12,14,16-17H,8-11H2,1-3H3/t14-/m0/s1. The Bertz CT molecular complexity index is 338. The van der Waals surface area contributed by atoms with Crippen molar-refractivity contribution >= 4 is 0 Å². The van der Waals surface area contributed by atoms with Crippen molar-refractivity contribution in [3.05, 3.63) is 29.8 Å². The second-order valence-corrected chi connectivity index (χ2v) is 5.07. The van der Waals surface area contributed by atoms with Gasteiger partial charge in [-0.1, -0.05) is 26.0 Å². The lowest BCUT2D eigenvalue weighted by molar-refractivity contribution is 0.0286. The molecule has 0 bridgehead atoms. The first kappa shape index (κ1) is 16.0. The van der Waals surface area contributed by atoms with E-state index in [-0.39, 0.29) is 0 Å². The van der Waals surface area contributed by atoms with Crippen LogP contribution >= 0.6 is 0 Å². The van der Waals surface area contributed by atoms with Crippen molar-refractivity contribution < 1.29 is 14.6 Å². The van der Waals surface area contributed by atoms with Crippen molar-refractivity contribution in [3.63, 3.8) is 0 Å². The highest BCUT2D eigenvalue weighted by molar-refractivity contribution is 5.26. The Kier molecular flexibility index (Phi) is 7.48. The molecule has 0 unspecified atom stereocenters. The molecule has 0 aromatic heterocycles. The zero-order valence-electron chi connectivity index (χ0n) is 12.1. The van der Waals surface area contributed by atoms with Gasteiger partial charge < -0.3 is 19.9 Å². The van der Waals surface area contributed by atoms with Crippen molar-refractivity contribution in [1.29, 1.82) is 0 Å². The molecule has 0 radical (unpaired) electrons. The highest BCUT2D eigenvalue weighted by atomic mass is 16.5. The number of hydrogen-bond acceptors (Lipinski definition) is 4. The Balaban J connectivity index is 2.14. The summed E-state index contributed by atoms with van der Waals surface area (Å²) in [6, 6.07) is 7.73. The minimum Gasteiger partial charge on any atom is -0.497 e. The van der Waals surface area contributed by atoms with Gasteiger partial charge in [0.05, 0.1) is 26.4 Å². The van der Waals surface area contributed by atoms with Crippen LogP contribution < -0.4 is 10.1 Å². The number of hydrogen-bond donors (Lipinski definition) is 2. The Morgan fingerprint density at radius 1 is 1.16 bits per heavy atom. The van der Waals surface area contributed by atoms with E-state index in [1.807, 2.05) is 24.3 Å². The highest BCUT2D eigenvalue weighted by Crippen LogP contribution is 2.11. The fourth-order valence-corrected chi connectivity index (χ4v) is 1.63. The normalized spacial score (nSPS) is 12.7. The maximum atomic E-state index is 9.71. The van der Waals surface area contributed by atoms with Gasteiger partial charge in [-0.2, -0.15) is 0 Å². The summed E-state index contributed by atoms with van der Waals surface area (Å²) in [6.45, 7) is 6.61. The van der Waals surface area contributed by atoms with Crippen LogP contribution in [0.25, 0.3) is 0 Å². The molecule has 1 atom stereocenters. The first-order chi connectivity index (χ1) is 9.11. The first-order valence-electron chi connectivity index (χ1n) is 6.71. The molecule has 19 heavy (non-hydrogen) atoms. The number of aliphatic hydroxyl groups is 1. The van der Waals surface area contributed by atoms with Crippen molar-refractivity contribution in [2.75, 3.05) is 26.8 Å². The van der Waals surface area contributed by atoms with Crippen LogP contribution in [0.2, 0.25) is 0 Å². The molecule has 1 aromatic carbocycles. The van der Waals surface area contributed by atoms with Gasteiger partial charge in [-0.15, -0.1) is 0 Å². The van der Waals surface area contributed by atoms with Crippen molar-refractivity contribution in [2.24, 2.45) is 5.92 Å². The summed E-state index contributed by atoms with van der Waals surface area (Å²) in [5.74, 6) is 1.43. The molecule has 0 heterocycles. The average molecular weight is 267 g/mol. The van der Waals surface area contributed by atoms with E-state index in [9.17, 15) is 5.11 Å². The van der Waals surface area contributed by atoms with Crippen molar-refractivity contribution in [2.45, 2.75) is 26.6 Å². The molecule has 0 aliphatic rings. The predicted molar refractivity (Wildman–Crippen MR) is 76.4 cm³/mol. The molecule has 4 nitrogen and oxygen atoms in total. The van der Waals surface area contributed by atoms with Gasteiger partial charge in [0.25, 0.3) is 0 Å². The molecule has 0 aliphatic heterocycles. The molecule has 2 N–H and O–H groups in total. The van der Waals surface area contributed by atoms with E-state index in [2.05, 4.69) is 19.2 Å². The topological polar surface area (TPSA) is 50.7 Å². The van der Waals surface area contributed by atoms with Gasteiger partial charge >= 0.3 is 0 Å². The van der Waals surface area contributed by atoms with Gasteiger partial charge in [0, 0.05) is 6.54 Å². The minimum absolute atomic E-state index is 0.344. The molecule has 0 spiro atoms. The Hall–Kier alpha value is -1.10. The fraction of sp³-hybridized carbons (Fsp3) is 0.600. The SMILES string of the molecule is COc1ccc(COC[C@@H](O)CNCC(C)C)cc1. The molecular formula is C15H25NO3. The van der Waals surface area contributed by atoms with Gasteiger partial charge in [0.15, 0.2) is 0 Å². The van der Waals surface area contributed by atoms with Crippen LogP contribution in [0.4, 0.5) is 0 Å². The largest absolute Gasteiger partial charge is 0.497 e. The highest BCUT2D eigenvalue weighted by Gasteiger charge is 2.04. The quantitative estimate of drug-likeness (QED) is 0.716. The smallest absolute Gasteiger partial charge is 0.118 e. The maximum absolute atomic E-state index is 9.71. The third-order valence-electron chi connectivity index (χ3n) is 2.67. The van der Waals surface area contributed by atoms with Crippen LogP contribution in [0, 0.1) is 5.92 Å². The number of ether oxygens (including phenoxy) is 2. The van der Waals surface area contributed by atoms with E-state index >= 15 is 0 Å². The van der Waals surface area contributed by atoms with E-state index in [0.717, 1.165) is 17.9 Å². The van der Waals surface area contributed by atoms with Crippen LogP contribution in [0.5, 0.6) is 5.75 Å². The summed E-state index contributed by atoms with van der Waals surface area (Å²) in [6.07, 6.45) is -0.461. The molecule has 0 aliphatic carbocycles. The van der Waals surface area contributed by atoms with E-state index < -0.39 is 6.10 Å². The predicted octanol–water partition coefficient (Wildman–Crippen LogP) is 1.82. The number of aliphatic hydroxyl groups excluding tert-OH is 1. The zero-order chi connectivity index (χ0) is 14.1. The van der Waals surface area contributed by atoms with Gasteiger partial charge in [-0.05, 0) is 30.2 Å². The fourth-order valence-electron chi connectivity index (χ4n) is 1.63. The summed E-state index contributed by atoms with van der Waals surface area (Å²) >= 11 is 0.